The third-order valence-electron chi connectivity index (χ3n) is 4.04. The van der Waals surface area contributed by atoms with Crippen LogP contribution in [0.25, 0.3) is 0 Å². The molecule has 0 aliphatic heterocycles. The zero-order valence-corrected chi connectivity index (χ0v) is 6.55. The van der Waals surface area contributed by atoms with Gasteiger partial charge in [-0.2, -0.15) is 0 Å². The summed E-state index contributed by atoms with van der Waals surface area (Å²) in [4.78, 5) is 0. The molecule has 3 saturated carbocycles. The molecule has 3 fully saturated rings. The van der Waals surface area contributed by atoms with Gasteiger partial charge >= 0.3 is 0 Å². The topological polar surface area (TPSA) is 0 Å². The fourth-order valence-corrected chi connectivity index (χ4v) is 3.48. The number of hydrogen-bond acceptors (Lipinski definition) is 0. The van der Waals surface area contributed by atoms with Crippen LogP contribution in [0.4, 0.5) is 0 Å². The predicted molar refractivity (Wildman–Crippen MR) is 41.7 cm³/mol. The fourth-order valence-electron chi connectivity index (χ4n) is 3.48. The molecular weight excluding hydrogens is 120 g/mol. The maximum Gasteiger partial charge on any atom is -0.0354 e. The van der Waals surface area contributed by atoms with Crippen LogP contribution in [0, 0.1) is 23.7 Å². The third-order valence-corrected chi connectivity index (χ3v) is 4.04. The Morgan fingerprint density at radius 1 is 0.800 bits per heavy atom. The SMILES string of the molecule is C1CC2CC(C1)C1CC1C2. The summed E-state index contributed by atoms with van der Waals surface area (Å²) in [6.07, 6.45) is 9.54. The normalized spacial score (nSPS) is 57.6. The van der Waals surface area contributed by atoms with Gasteiger partial charge in [0.25, 0.3) is 0 Å². The second kappa shape index (κ2) is 1.78. The van der Waals surface area contributed by atoms with Gasteiger partial charge in [-0.3, -0.25) is 0 Å². The van der Waals surface area contributed by atoms with Gasteiger partial charge in [-0.1, -0.05) is 19.3 Å². The molecule has 0 amide bonds. The summed E-state index contributed by atoms with van der Waals surface area (Å²) in [5, 5.41) is 0. The molecule has 0 N–H and O–H groups in total. The lowest BCUT2D eigenvalue weighted by molar-refractivity contribution is 0.178. The Balaban J connectivity index is 1.82. The predicted octanol–water partition coefficient (Wildman–Crippen LogP) is 2.83. The van der Waals surface area contributed by atoms with Crippen molar-refractivity contribution in [3.63, 3.8) is 0 Å². The average Bonchev–Trinajstić information content (AvgIpc) is 2.68. The highest BCUT2D eigenvalue weighted by molar-refractivity contribution is 4.99. The summed E-state index contributed by atoms with van der Waals surface area (Å²) in [6.45, 7) is 0. The van der Waals surface area contributed by atoms with E-state index in [2.05, 4.69) is 0 Å². The molecule has 4 atom stereocenters. The van der Waals surface area contributed by atoms with E-state index in [9.17, 15) is 0 Å². The Morgan fingerprint density at radius 3 is 2.70 bits per heavy atom. The van der Waals surface area contributed by atoms with Gasteiger partial charge in [-0.15, -0.1) is 0 Å². The Hall–Kier alpha value is 0. The molecule has 0 heteroatoms. The Morgan fingerprint density at radius 2 is 1.70 bits per heavy atom. The average molecular weight is 136 g/mol. The van der Waals surface area contributed by atoms with E-state index in [0.717, 1.165) is 0 Å². The largest absolute Gasteiger partial charge is 0.0528 e. The number of fused-ring (bicyclic) bond motifs is 4. The molecule has 0 heterocycles. The first-order valence-electron chi connectivity index (χ1n) is 4.93. The Bertz CT molecular complexity index is 150. The van der Waals surface area contributed by atoms with E-state index in [-0.39, 0.29) is 0 Å². The van der Waals surface area contributed by atoms with Gasteiger partial charge in [0, 0.05) is 0 Å². The van der Waals surface area contributed by atoms with Gasteiger partial charge in [-0.05, 0) is 42.9 Å². The third kappa shape index (κ3) is 0.681. The summed E-state index contributed by atoms with van der Waals surface area (Å²) >= 11 is 0. The van der Waals surface area contributed by atoms with E-state index < -0.39 is 0 Å². The molecular formula is C10H16. The quantitative estimate of drug-likeness (QED) is 0.480. The molecule has 0 aromatic heterocycles. The van der Waals surface area contributed by atoms with Crippen LogP contribution < -0.4 is 0 Å². The summed E-state index contributed by atoms with van der Waals surface area (Å²) in [6, 6.07) is 0. The molecule has 0 radical (unpaired) electrons. The highest BCUT2D eigenvalue weighted by Gasteiger charge is 2.48. The van der Waals surface area contributed by atoms with Crippen molar-refractivity contribution in [2.45, 2.75) is 38.5 Å². The zero-order chi connectivity index (χ0) is 6.55. The molecule has 2 bridgehead atoms. The number of rotatable bonds is 0. The lowest BCUT2D eigenvalue weighted by atomic mass is 9.72. The van der Waals surface area contributed by atoms with Crippen molar-refractivity contribution in [2.75, 3.05) is 0 Å². The standard InChI is InChI=1S/C10H16/c1-2-7-4-8(3-1)10-6-9(10)5-7/h7-10H,1-6H2. The minimum atomic E-state index is 1.17. The van der Waals surface area contributed by atoms with Crippen molar-refractivity contribution < 1.29 is 0 Å². The van der Waals surface area contributed by atoms with Gasteiger partial charge in [0.15, 0.2) is 0 Å². The van der Waals surface area contributed by atoms with Crippen LogP contribution in [-0.4, -0.2) is 0 Å². The van der Waals surface area contributed by atoms with Crippen molar-refractivity contribution in [3.8, 4) is 0 Å². The molecule has 3 aliphatic rings. The molecule has 0 saturated heterocycles. The van der Waals surface area contributed by atoms with E-state index in [0.29, 0.717) is 0 Å². The maximum absolute atomic E-state index is 1.61. The Labute approximate surface area is 63.0 Å². The van der Waals surface area contributed by atoms with Crippen molar-refractivity contribution in [2.24, 2.45) is 23.7 Å². The van der Waals surface area contributed by atoms with Crippen molar-refractivity contribution in [1.82, 2.24) is 0 Å². The van der Waals surface area contributed by atoms with Crippen LogP contribution in [0.3, 0.4) is 0 Å². The molecule has 4 unspecified atom stereocenters. The fraction of sp³-hybridized carbons (Fsp3) is 1.00. The van der Waals surface area contributed by atoms with Gasteiger partial charge in [-0.25, -0.2) is 0 Å². The highest BCUT2D eigenvalue weighted by atomic mass is 14.5. The maximum atomic E-state index is 1.61. The van der Waals surface area contributed by atoms with Crippen LogP contribution >= 0.6 is 0 Å². The van der Waals surface area contributed by atoms with E-state index in [1.807, 2.05) is 0 Å². The lowest BCUT2D eigenvalue weighted by Crippen LogP contribution is -2.22. The lowest BCUT2D eigenvalue weighted by Gasteiger charge is -2.33. The van der Waals surface area contributed by atoms with E-state index >= 15 is 0 Å². The summed E-state index contributed by atoms with van der Waals surface area (Å²) in [5.74, 6) is 4.79. The van der Waals surface area contributed by atoms with Crippen LogP contribution in [0.5, 0.6) is 0 Å². The summed E-state index contributed by atoms with van der Waals surface area (Å²) in [5.41, 5.74) is 0. The van der Waals surface area contributed by atoms with Gasteiger partial charge in [0.1, 0.15) is 0 Å². The molecule has 56 valence electrons. The zero-order valence-electron chi connectivity index (χ0n) is 6.55. The van der Waals surface area contributed by atoms with Gasteiger partial charge < -0.3 is 0 Å². The molecule has 0 nitrogen and oxygen atoms in total. The Kier molecular flexibility index (Phi) is 1.00. The van der Waals surface area contributed by atoms with Gasteiger partial charge in [0.2, 0.25) is 0 Å². The van der Waals surface area contributed by atoms with Crippen LogP contribution in [0.15, 0.2) is 0 Å². The van der Waals surface area contributed by atoms with E-state index in [1.165, 1.54) is 23.7 Å². The molecule has 0 spiro atoms. The molecule has 10 heavy (non-hydrogen) atoms. The van der Waals surface area contributed by atoms with Crippen LogP contribution in [0.2, 0.25) is 0 Å². The van der Waals surface area contributed by atoms with E-state index in [4.69, 9.17) is 0 Å². The minimum absolute atomic E-state index is 1.17. The van der Waals surface area contributed by atoms with Gasteiger partial charge in [0.05, 0.1) is 0 Å². The summed E-state index contributed by atoms with van der Waals surface area (Å²) < 4.78 is 0. The summed E-state index contributed by atoms with van der Waals surface area (Å²) in [7, 11) is 0. The second-order valence-electron chi connectivity index (χ2n) is 4.69. The molecule has 3 rings (SSSR count). The number of hydrogen-bond donors (Lipinski definition) is 0. The van der Waals surface area contributed by atoms with Crippen LogP contribution in [0.1, 0.15) is 38.5 Å². The first kappa shape index (κ1) is 5.62. The smallest absolute Gasteiger partial charge is 0.0354 e. The second-order valence-corrected chi connectivity index (χ2v) is 4.69. The molecule has 0 aromatic rings. The minimum Gasteiger partial charge on any atom is -0.0528 e. The monoisotopic (exact) mass is 136 g/mol. The van der Waals surface area contributed by atoms with Crippen molar-refractivity contribution >= 4 is 0 Å². The molecule has 3 aliphatic carbocycles. The van der Waals surface area contributed by atoms with Crippen molar-refractivity contribution in [1.29, 1.82) is 0 Å². The van der Waals surface area contributed by atoms with Crippen molar-refractivity contribution in [3.05, 3.63) is 0 Å². The first-order valence-corrected chi connectivity index (χ1v) is 4.93. The highest BCUT2D eigenvalue weighted by Crippen LogP contribution is 2.58. The molecule has 0 aromatic carbocycles. The van der Waals surface area contributed by atoms with Crippen LogP contribution in [-0.2, 0) is 0 Å². The first-order chi connectivity index (χ1) is 4.93. The van der Waals surface area contributed by atoms with E-state index in [1.54, 1.807) is 38.5 Å².